The van der Waals surface area contributed by atoms with Gasteiger partial charge in [-0.25, -0.2) is 18.1 Å². The average Bonchev–Trinajstić information content (AvgIpc) is 2.39. The molecule has 20 heavy (non-hydrogen) atoms. The summed E-state index contributed by atoms with van der Waals surface area (Å²) in [5.41, 5.74) is 1.51. The zero-order chi connectivity index (χ0) is 14.8. The van der Waals surface area contributed by atoms with Gasteiger partial charge in [0.15, 0.2) is 0 Å². The van der Waals surface area contributed by atoms with Crippen LogP contribution in [-0.2, 0) is 10.0 Å². The summed E-state index contributed by atoms with van der Waals surface area (Å²) in [6.45, 7) is 4.31. The summed E-state index contributed by atoms with van der Waals surface area (Å²) in [7, 11) is -3.46. The Hall–Kier alpha value is -1.17. The quantitative estimate of drug-likeness (QED) is 0.681. The zero-order valence-corrected chi connectivity index (χ0v) is 13.1. The Kier molecular flexibility index (Phi) is 4.62. The second kappa shape index (κ2) is 6.08. The van der Waals surface area contributed by atoms with E-state index < -0.39 is 10.0 Å². The number of benzene rings is 1. The van der Waals surface area contributed by atoms with Crippen LogP contribution in [-0.4, -0.2) is 19.9 Å². The molecule has 2 aromatic rings. The lowest BCUT2D eigenvalue weighted by molar-refractivity contribution is 0.578. The standard InChI is InChI=1S/C14H17ClN2O2S/c1-3-4-7-16-20(18,19)12-5-6-13-11(9-12)8-10(2)14(15)17-13/h5-6,8-9,16H,3-4,7H2,1-2H3. The highest BCUT2D eigenvalue weighted by molar-refractivity contribution is 7.89. The van der Waals surface area contributed by atoms with E-state index in [1.54, 1.807) is 18.2 Å². The van der Waals surface area contributed by atoms with Crippen molar-refractivity contribution in [3.05, 3.63) is 35.0 Å². The maximum absolute atomic E-state index is 12.1. The van der Waals surface area contributed by atoms with Crippen LogP contribution >= 0.6 is 11.6 Å². The number of hydrogen-bond acceptors (Lipinski definition) is 3. The predicted octanol–water partition coefficient (Wildman–Crippen LogP) is 3.28. The number of nitrogens with zero attached hydrogens (tertiary/aromatic N) is 1. The Morgan fingerprint density at radius 2 is 2.05 bits per heavy atom. The summed E-state index contributed by atoms with van der Waals surface area (Å²) in [5, 5.41) is 1.21. The molecule has 0 fully saturated rings. The Balaban J connectivity index is 2.38. The van der Waals surface area contributed by atoms with Crippen LogP contribution in [0.4, 0.5) is 0 Å². The van der Waals surface area contributed by atoms with Gasteiger partial charge in [0.1, 0.15) is 5.15 Å². The van der Waals surface area contributed by atoms with Crippen LogP contribution in [0.3, 0.4) is 0 Å². The summed E-state index contributed by atoms with van der Waals surface area (Å²) in [5.74, 6) is 0. The Morgan fingerprint density at radius 3 is 2.75 bits per heavy atom. The first-order valence-corrected chi connectivity index (χ1v) is 8.36. The van der Waals surface area contributed by atoms with Crippen LogP contribution < -0.4 is 4.72 Å². The number of halogens is 1. The third-order valence-electron chi connectivity index (χ3n) is 3.05. The van der Waals surface area contributed by atoms with E-state index in [2.05, 4.69) is 9.71 Å². The predicted molar refractivity (Wildman–Crippen MR) is 81.6 cm³/mol. The van der Waals surface area contributed by atoms with Gasteiger partial charge in [-0.05, 0) is 43.2 Å². The second-order valence-corrected chi connectivity index (χ2v) is 6.83. The number of sulfonamides is 1. The van der Waals surface area contributed by atoms with Gasteiger partial charge in [-0.3, -0.25) is 0 Å². The van der Waals surface area contributed by atoms with E-state index >= 15 is 0 Å². The SMILES string of the molecule is CCCCNS(=O)(=O)c1ccc2nc(Cl)c(C)cc2c1. The minimum absolute atomic E-state index is 0.254. The van der Waals surface area contributed by atoms with E-state index in [9.17, 15) is 8.42 Å². The van der Waals surface area contributed by atoms with E-state index in [1.807, 2.05) is 19.9 Å². The molecule has 0 aliphatic carbocycles. The van der Waals surface area contributed by atoms with Crippen LogP contribution in [0.15, 0.2) is 29.2 Å². The molecule has 0 aliphatic heterocycles. The summed E-state index contributed by atoms with van der Waals surface area (Å²) >= 11 is 5.96. The monoisotopic (exact) mass is 312 g/mol. The van der Waals surface area contributed by atoms with Crippen molar-refractivity contribution in [3.8, 4) is 0 Å². The molecule has 0 saturated carbocycles. The fraction of sp³-hybridized carbons (Fsp3) is 0.357. The number of aromatic nitrogens is 1. The van der Waals surface area contributed by atoms with Crippen LogP contribution in [0, 0.1) is 6.92 Å². The van der Waals surface area contributed by atoms with Crippen molar-refractivity contribution >= 4 is 32.5 Å². The van der Waals surface area contributed by atoms with Crippen molar-refractivity contribution in [1.29, 1.82) is 0 Å². The van der Waals surface area contributed by atoms with Gasteiger partial charge in [-0.1, -0.05) is 24.9 Å². The average molecular weight is 313 g/mol. The van der Waals surface area contributed by atoms with E-state index in [4.69, 9.17) is 11.6 Å². The summed E-state index contributed by atoms with van der Waals surface area (Å²) in [6, 6.07) is 6.69. The third kappa shape index (κ3) is 3.29. The van der Waals surface area contributed by atoms with Gasteiger partial charge in [0.25, 0.3) is 0 Å². The van der Waals surface area contributed by atoms with Crippen molar-refractivity contribution in [2.24, 2.45) is 0 Å². The molecule has 2 rings (SSSR count). The summed E-state index contributed by atoms with van der Waals surface area (Å²) < 4.78 is 26.9. The number of rotatable bonds is 5. The van der Waals surface area contributed by atoms with Crippen molar-refractivity contribution in [2.45, 2.75) is 31.6 Å². The summed E-state index contributed by atoms with van der Waals surface area (Å²) in [6.07, 6.45) is 1.77. The van der Waals surface area contributed by atoms with E-state index in [1.165, 1.54) is 0 Å². The molecule has 1 aromatic carbocycles. The molecule has 108 valence electrons. The maximum atomic E-state index is 12.1. The van der Waals surface area contributed by atoms with Gasteiger partial charge in [-0.15, -0.1) is 0 Å². The lowest BCUT2D eigenvalue weighted by atomic mass is 10.2. The molecular weight excluding hydrogens is 296 g/mol. The van der Waals surface area contributed by atoms with Crippen LogP contribution in [0.2, 0.25) is 5.15 Å². The minimum Gasteiger partial charge on any atom is -0.236 e. The molecule has 0 aliphatic rings. The number of pyridine rings is 1. The highest BCUT2D eigenvalue weighted by atomic mass is 35.5. The van der Waals surface area contributed by atoms with E-state index in [-0.39, 0.29) is 4.90 Å². The molecule has 0 amide bonds. The molecule has 0 saturated heterocycles. The fourth-order valence-corrected chi connectivity index (χ4v) is 3.13. The summed E-state index contributed by atoms with van der Waals surface area (Å²) in [4.78, 5) is 4.48. The van der Waals surface area contributed by atoms with Crippen LogP contribution in [0.1, 0.15) is 25.3 Å². The Morgan fingerprint density at radius 1 is 1.30 bits per heavy atom. The van der Waals surface area contributed by atoms with Gasteiger partial charge in [0, 0.05) is 11.9 Å². The highest BCUT2D eigenvalue weighted by Gasteiger charge is 2.14. The van der Waals surface area contributed by atoms with Gasteiger partial charge in [0.2, 0.25) is 10.0 Å². The molecule has 0 unspecified atom stereocenters. The first kappa shape index (κ1) is 15.2. The van der Waals surface area contributed by atoms with Crippen LogP contribution in [0.25, 0.3) is 10.9 Å². The van der Waals surface area contributed by atoms with Crippen molar-refractivity contribution < 1.29 is 8.42 Å². The zero-order valence-electron chi connectivity index (χ0n) is 11.5. The number of nitrogens with one attached hydrogen (secondary N) is 1. The molecule has 0 atom stereocenters. The molecule has 1 heterocycles. The molecular formula is C14H17ClN2O2S. The van der Waals surface area contributed by atoms with E-state index in [0.717, 1.165) is 23.8 Å². The minimum atomic E-state index is -3.46. The number of fused-ring (bicyclic) bond motifs is 1. The van der Waals surface area contributed by atoms with Gasteiger partial charge < -0.3 is 0 Å². The molecule has 1 aromatic heterocycles. The van der Waals surface area contributed by atoms with Gasteiger partial charge >= 0.3 is 0 Å². The second-order valence-electron chi connectivity index (χ2n) is 4.70. The number of unbranched alkanes of at least 4 members (excludes halogenated alkanes) is 1. The largest absolute Gasteiger partial charge is 0.240 e. The van der Waals surface area contributed by atoms with Crippen molar-refractivity contribution in [1.82, 2.24) is 9.71 Å². The molecule has 0 radical (unpaired) electrons. The Bertz CT molecular complexity index is 729. The van der Waals surface area contributed by atoms with Crippen molar-refractivity contribution in [2.75, 3.05) is 6.54 Å². The van der Waals surface area contributed by atoms with Gasteiger partial charge in [0.05, 0.1) is 10.4 Å². The topological polar surface area (TPSA) is 59.1 Å². The highest BCUT2D eigenvalue weighted by Crippen LogP contribution is 2.22. The first-order chi connectivity index (χ1) is 9.44. The molecule has 6 heteroatoms. The Labute approximate surface area is 124 Å². The molecule has 0 bridgehead atoms. The van der Waals surface area contributed by atoms with E-state index in [0.29, 0.717) is 17.2 Å². The fourth-order valence-electron chi connectivity index (χ4n) is 1.87. The van der Waals surface area contributed by atoms with Crippen LogP contribution in [0.5, 0.6) is 0 Å². The lowest BCUT2D eigenvalue weighted by Crippen LogP contribution is -2.24. The normalized spacial score (nSPS) is 11.9. The molecule has 0 spiro atoms. The first-order valence-electron chi connectivity index (χ1n) is 6.50. The molecule has 1 N–H and O–H groups in total. The number of hydrogen-bond donors (Lipinski definition) is 1. The lowest BCUT2D eigenvalue weighted by Gasteiger charge is -2.08. The maximum Gasteiger partial charge on any atom is 0.240 e. The number of aryl methyl sites for hydroxylation is 1. The van der Waals surface area contributed by atoms with Crippen molar-refractivity contribution in [3.63, 3.8) is 0 Å². The smallest absolute Gasteiger partial charge is 0.236 e. The third-order valence-corrected chi connectivity index (χ3v) is 4.89. The molecule has 4 nitrogen and oxygen atoms in total. The van der Waals surface area contributed by atoms with Gasteiger partial charge in [-0.2, -0.15) is 0 Å².